The molecule has 2 rings (SSSR count). The summed E-state index contributed by atoms with van der Waals surface area (Å²) in [6.07, 6.45) is 1.85. The van der Waals surface area contributed by atoms with Crippen molar-refractivity contribution < 1.29 is 0 Å². The molecule has 0 spiro atoms. The number of benzene rings is 1. The predicted molar refractivity (Wildman–Crippen MR) is 78.4 cm³/mol. The molecule has 1 aromatic heterocycles. The number of pyridine rings is 1. The summed E-state index contributed by atoms with van der Waals surface area (Å²) in [6, 6.07) is 14.6. The van der Waals surface area contributed by atoms with E-state index < -0.39 is 0 Å². The minimum absolute atomic E-state index is 0.603. The van der Waals surface area contributed by atoms with E-state index in [1.807, 2.05) is 18.3 Å². The average molecular weight is 255 g/mol. The molecule has 2 N–H and O–H groups in total. The van der Waals surface area contributed by atoms with Crippen molar-refractivity contribution >= 4 is 0 Å². The molecule has 1 aromatic carbocycles. The molecule has 0 saturated heterocycles. The van der Waals surface area contributed by atoms with Crippen molar-refractivity contribution in [2.24, 2.45) is 5.73 Å². The molecule has 1 heterocycles. The fourth-order valence-corrected chi connectivity index (χ4v) is 2.04. The molecule has 3 nitrogen and oxygen atoms in total. The Morgan fingerprint density at radius 2 is 1.74 bits per heavy atom. The molecule has 0 atom stereocenters. The average Bonchev–Trinajstić information content (AvgIpc) is 2.48. The smallest absolute Gasteiger partial charge is 0.0544 e. The van der Waals surface area contributed by atoms with Crippen LogP contribution < -0.4 is 5.73 Å². The maximum absolute atomic E-state index is 5.61. The van der Waals surface area contributed by atoms with E-state index in [4.69, 9.17) is 5.73 Å². The first-order chi connectivity index (χ1) is 9.31. The number of rotatable bonds is 6. The van der Waals surface area contributed by atoms with Crippen molar-refractivity contribution in [1.29, 1.82) is 0 Å². The Balaban J connectivity index is 1.98. The van der Waals surface area contributed by atoms with Crippen molar-refractivity contribution in [3.8, 4) is 0 Å². The molecule has 19 heavy (non-hydrogen) atoms. The molecule has 0 aliphatic carbocycles. The van der Waals surface area contributed by atoms with Gasteiger partial charge in [-0.05, 0) is 29.8 Å². The quantitative estimate of drug-likeness (QED) is 0.862. The summed E-state index contributed by atoms with van der Waals surface area (Å²) in [5.41, 5.74) is 9.22. The van der Waals surface area contributed by atoms with Crippen LogP contribution in [0.3, 0.4) is 0 Å². The molecule has 0 aliphatic rings. The van der Waals surface area contributed by atoms with E-state index in [9.17, 15) is 0 Å². The highest BCUT2D eigenvalue weighted by Crippen LogP contribution is 2.09. The highest BCUT2D eigenvalue weighted by Gasteiger charge is 2.05. The van der Waals surface area contributed by atoms with Gasteiger partial charge in [-0.25, -0.2) is 0 Å². The lowest BCUT2D eigenvalue weighted by atomic mass is 10.1. The second-order valence-electron chi connectivity index (χ2n) is 4.64. The van der Waals surface area contributed by atoms with Crippen LogP contribution >= 0.6 is 0 Å². The van der Waals surface area contributed by atoms with E-state index in [0.717, 1.165) is 25.3 Å². The Kier molecular flexibility index (Phi) is 5.07. The number of aromatic nitrogens is 1. The highest BCUT2D eigenvalue weighted by atomic mass is 15.1. The van der Waals surface area contributed by atoms with Crippen LogP contribution in [-0.2, 0) is 19.6 Å². The summed E-state index contributed by atoms with van der Waals surface area (Å²) >= 11 is 0. The van der Waals surface area contributed by atoms with Gasteiger partial charge in [0.15, 0.2) is 0 Å². The lowest BCUT2D eigenvalue weighted by Gasteiger charge is -2.20. The second kappa shape index (κ2) is 7.02. The number of hydrogen-bond acceptors (Lipinski definition) is 3. The van der Waals surface area contributed by atoms with Gasteiger partial charge in [-0.15, -0.1) is 0 Å². The third-order valence-corrected chi connectivity index (χ3v) is 3.22. The summed E-state index contributed by atoms with van der Waals surface area (Å²) in [6.45, 7) is 5.62. The van der Waals surface area contributed by atoms with Crippen molar-refractivity contribution in [1.82, 2.24) is 9.88 Å². The molecule has 0 saturated carbocycles. The molecule has 0 fully saturated rings. The molecule has 100 valence electrons. The Morgan fingerprint density at radius 3 is 2.32 bits per heavy atom. The molecule has 0 radical (unpaired) electrons. The standard InChI is InChI=1S/C16H21N3/c1-2-19(13-16-5-3-4-10-18-16)12-15-8-6-14(11-17)7-9-15/h3-10H,2,11-13,17H2,1H3. The van der Waals surface area contributed by atoms with Crippen LogP contribution in [0.5, 0.6) is 0 Å². The van der Waals surface area contributed by atoms with Crippen LogP contribution in [-0.4, -0.2) is 16.4 Å². The van der Waals surface area contributed by atoms with Gasteiger partial charge < -0.3 is 5.73 Å². The fourth-order valence-electron chi connectivity index (χ4n) is 2.04. The van der Waals surface area contributed by atoms with Gasteiger partial charge in [-0.2, -0.15) is 0 Å². The van der Waals surface area contributed by atoms with Crippen LogP contribution in [0.2, 0.25) is 0 Å². The van der Waals surface area contributed by atoms with E-state index in [2.05, 4.69) is 47.1 Å². The Morgan fingerprint density at radius 1 is 1.00 bits per heavy atom. The van der Waals surface area contributed by atoms with Crippen LogP contribution in [0, 0.1) is 0 Å². The molecule has 0 unspecified atom stereocenters. The van der Waals surface area contributed by atoms with Gasteiger partial charge in [0, 0.05) is 25.8 Å². The largest absolute Gasteiger partial charge is 0.326 e. The van der Waals surface area contributed by atoms with Crippen molar-refractivity contribution in [3.05, 3.63) is 65.5 Å². The first-order valence-electron chi connectivity index (χ1n) is 6.72. The topological polar surface area (TPSA) is 42.1 Å². The maximum atomic E-state index is 5.61. The zero-order chi connectivity index (χ0) is 13.5. The monoisotopic (exact) mass is 255 g/mol. The van der Waals surface area contributed by atoms with E-state index >= 15 is 0 Å². The van der Waals surface area contributed by atoms with Gasteiger partial charge >= 0.3 is 0 Å². The van der Waals surface area contributed by atoms with Crippen LogP contribution in [0.15, 0.2) is 48.7 Å². The summed E-state index contributed by atoms with van der Waals surface area (Å²) in [4.78, 5) is 6.75. The van der Waals surface area contributed by atoms with E-state index in [1.54, 1.807) is 0 Å². The van der Waals surface area contributed by atoms with E-state index in [0.29, 0.717) is 6.54 Å². The Hall–Kier alpha value is -1.71. The molecular formula is C16H21N3. The predicted octanol–water partition coefficient (Wildman–Crippen LogP) is 2.56. The van der Waals surface area contributed by atoms with Crippen molar-refractivity contribution in [2.75, 3.05) is 6.54 Å². The van der Waals surface area contributed by atoms with Crippen molar-refractivity contribution in [3.63, 3.8) is 0 Å². The summed E-state index contributed by atoms with van der Waals surface area (Å²) in [7, 11) is 0. The van der Waals surface area contributed by atoms with E-state index in [-0.39, 0.29) is 0 Å². The second-order valence-corrected chi connectivity index (χ2v) is 4.64. The van der Waals surface area contributed by atoms with Gasteiger partial charge in [-0.3, -0.25) is 9.88 Å². The van der Waals surface area contributed by atoms with Gasteiger partial charge in [0.05, 0.1) is 5.69 Å². The first kappa shape index (κ1) is 13.7. The lowest BCUT2D eigenvalue weighted by molar-refractivity contribution is 0.268. The van der Waals surface area contributed by atoms with Gasteiger partial charge in [0.25, 0.3) is 0 Å². The zero-order valence-corrected chi connectivity index (χ0v) is 11.4. The first-order valence-corrected chi connectivity index (χ1v) is 6.72. The van der Waals surface area contributed by atoms with Gasteiger partial charge in [0.1, 0.15) is 0 Å². The van der Waals surface area contributed by atoms with E-state index in [1.165, 1.54) is 11.1 Å². The Labute approximate surface area is 115 Å². The molecule has 2 aromatic rings. The SMILES string of the molecule is CCN(Cc1ccc(CN)cc1)Cc1ccccn1. The summed E-state index contributed by atoms with van der Waals surface area (Å²) < 4.78 is 0. The van der Waals surface area contributed by atoms with Gasteiger partial charge in [0.2, 0.25) is 0 Å². The van der Waals surface area contributed by atoms with Gasteiger partial charge in [-0.1, -0.05) is 37.3 Å². The lowest BCUT2D eigenvalue weighted by Crippen LogP contribution is -2.22. The fraction of sp³-hybridized carbons (Fsp3) is 0.312. The third kappa shape index (κ3) is 4.16. The summed E-state index contributed by atoms with van der Waals surface area (Å²) in [5, 5.41) is 0. The molecule has 0 bridgehead atoms. The van der Waals surface area contributed by atoms with Crippen LogP contribution in [0.1, 0.15) is 23.7 Å². The van der Waals surface area contributed by atoms with Crippen LogP contribution in [0.25, 0.3) is 0 Å². The van der Waals surface area contributed by atoms with Crippen molar-refractivity contribution in [2.45, 2.75) is 26.6 Å². The zero-order valence-electron chi connectivity index (χ0n) is 11.4. The van der Waals surface area contributed by atoms with Crippen LogP contribution in [0.4, 0.5) is 0 Å². The number of hydrogen-bond donors (Lipinski definition) is 1. The molecular weight excluding hydrogens is 234 g/mol. The maximum Gasteiger partial charge on any atom is 0.0544 e. The number of nitrogens with two attached hydrogens (primary N) is 1. The minimum atomic E-state index is 0.603. The molecule has 0 aliphatic heterocycles. The Bertz CT molecular complexity index is 479. The minimum Gasteiger partial charge on any atom is -0.326 e. The highest BCUT2D eigenvalue weighted by molar-refractivity contribution is 5.22. The summed E-state index contributed by atoms with van der Waals surface area (Å²) in [5.74, 6) is 0. The normalized spacial score (nSPS) is 10.9. The molecule has 0 amide bonds. The number of nitrogens with zero attached hydrogens (tertiary/aromatic N) is 2. The third-order valence-electron chi connectivity index (χ3n) is 3.22. The molecule has 3 heteroatoms.